The van der Waals surface area contributed by atoms with E-state index in [1.165, 1.54) is 0 Å². The lowest BCUT2D eigenvalue weighted by Gasteiger charge is -2.07. The fourth-order valence-electron chi connectivity index (χ4n) is 2.17. The molecule has 1 aromatic heterocycles. The Bertz CT molecular complexity index is 723. The van der Waals surface area contributed by atoms with E-state index in [0.29, 0.717) is 18.5 Å². The van der Waals surface area contributed by atoms with E-state index in [1.807, 2.05) is 30.7 Å². The molecule has 7 heteroatoms. The van der Waals surface area contributed by atoms with Crippen LogP contribution in [-0.4, -0.2) is 33.3 Å². The number of carboxylic acids is 1. The van der Waals surface area contributed by atoms with Crippen molar-refractivity contribution < 1.29 is 14.7 Å². The highest BCUT2D eigenvalue weighted by atomic mass is 79.9. The van der Waals surface area contributed by atoms with E-state index < -0.39 is 5.97 Å². The molecule has 0 bridgehead atoms. The van der Waals surface area contributed by atoms with Crippen molar-refractivity contribution in [3.05, 3.63) is 45.7 Å². The zero-order valence-corrected chi connectivity index (χ0v) is 14.6. The molecule has 122 valence electrons. The Labute approximate surface area is 142 Å². The highest BCUT2D eigenvalue weighted by Gasteiger charge is 2.11. The number of nitrogens with one attached hydrogen (secondary N) is 1. The molecule has 2 aromatic rings. The van der Waals surface area contributed by atoms with Crippen LogP contribution in [0.2, 0.25) is 0 Å². The van der Waals surface area contributed by atoms with E-state index in [2.05, 4.69) is 26.3 Å². The lowest BCUT2D eigenvalue weighted by atomic mass is 10.2. The van der Waals surface area contributed by atoms with Gasteiger partial charge in [-0.15, -0.1) is 0 Å². The molecule has 0 unspecified atom stereocenters. The van der Waals surface area contributed by atoms with Crippen LogP contribution in [0.25, 0.3) is 5.69 Å². The van der Waals surface area contributed by atoms with Gasteiger partial charge in [-0.3, -0.25) is 9.59 Å². The first-order valence-corrected chi connectivity index (χ1v) is 8.01. The van der Waals surface area contributed by atoms with Crippen molar-refractivity contribution in [3.8, 4) is 5.69 Å². The van der Waals surface area contributed by atoms with Gasteiger partial charge in [0.25, 0.3) is 5.91 Å². The van der Waals surface area contributed by atoms with Gasteiger partial charge in [-0.1, -0.05) is 0 Å². The molecule has 2 N–H and O–H groups in total. The third-order valence-corrected chi connectivity index (χ3v) is 4.58. The van der Waals surface area contributed by atoms with Crippen molar-refractivity contribution >= 4 is 27.8 Å². The Morgan fingerprint density at radius 1 is 1.26 bits per heavy atom. The van der Waals surface area contributed by atoms with Gasteiger partial charge < -0.3 is 10.4 Å². The molecule has 0 spiro atoms. The second kappa shape index (κ2) is 7.41. The van der Waals surface area contributed by atoms with Gasteiger partial charge in [-0.25, -0.2) is 4.68 Å². The Balaban J connectivity index is 2.03. The molecule has 0 aliphatic carbocycles. The van der Waals surface area contributed by atoms with Gasteiger partial charge in [0, 0.05) is 18.5 Å². The van der Waals surface area contributed by atoms with Crippen molar-refractivity contribution in [2.75, 3.05) is 6.54 Å². The summed E-state index contributed by atoms with van der Waals surface area (Å²) in [5.74, 6) is -1.07. The Morgan fingerprint density at radius 3 is 2.43 bits per heavy atom. The van der Waals surface area contributed by atoms with Crippen molar-refractivity contribution in [2.24, 2.45) is 0 Å². The Morgan fingerprint density at radius 2 is 1.91 bits per heavy atom. The molecule has 0 saturated carbocycles. The maximum absolute atomic E-state index is 12.0. The average molecular weight is 380 g/mol. The monoisotopic (exact) mass is 379 g/mol. The van der Waals surface area contributed by atoms with Gasteiger partial charge in [0.05, 0.1) is 21.5 Å². The predicted octanol–water partition coefficient (Wildman–Crippen LogP) is 2.85. The predicted molar refractivity (Wildman–Crippen MR) is 89.9 cm³/mol. The van der Waals surface area contributed by atoms with Crippen LogP contribution in [0.4, 0.5) is 0 Å². The normalized spacial score (nSPS) is 10.6. The fourth-order valence-corrected chi connectivity index (χ4v) is 2.42. The van der Waals surface area contributed by atoms with Crippen molar-refractivity contribution in [3.63, 3.8) is 0 Å². The molecular formula is C16H18BrN3O3. The zero-order valence-electron chi connectivity index (χ0n) is 13.0. The number of carboxylic acid groups (broad SMARTS) is 1. The van der Waals surface area contributed by atoms with Gasteiger partial charge in [0.2, 0.25) is 0 Å². The number of aryl methyl sites for hydroxylation is 1. The summed E-state index contributed by atoms with van der Waals surface area (Å²) in [5.41, 5.74) is 3.31. The van der Waals surface area contributed by atoms with Crippen molar-refractivity contribution in [1.29, 1.82) is 0 Å². The standard InChI is InChI=1S/C16H18BrN3O3/c1-10-15(17)11(2)20(19-10)13-7-5-12(6-8-13)16(23)18-9-3-4-14(21)22/h5-8H,3-4,9H2,1-2H3,(H,18,23)(H,21,22). The summed E-state index contributed by atoms with van der Waals surface area (Å²) in [6.45, 7) is 4.23. The number of nitrogens with zero attached hydrogens (tertiary/aromatic N) is 2. The van der Waals surface area contributed by atoms with E-state index in [-0.39, 0.29) is 12.3 Å². The first-order valence-electron chi connectivity index (χ1n) is 7.22. The van der Waals surface area contributed by atoms with Crippen LogP contribution >= 0.6 is 15.9 Å². The summed E-state index contributed by atoms with van der Waals surface area (Å²) in [6.07, 6.45) is 0.463. The van der Waals surface area contributed by atoms with E-state index in [1.54, 1.807) is 12.1 Å². The number of aromatic nitrogens is 2. The van der Waals surface area contributed by atoms with E-state index >= 15 is 0 Å². The number of aliphatic carboxylic acids is 1. The summed E-state index contributed by atoms with van der Waals surface area (Å²) in [5, 5.41) is 15.7. The van der Waals surface area contributed by atoms with Crippen molar-refractivity contribution in [2.45, 2.75) is 26.7 Å². The number of hydrogen-bond acceptors (Lipinski definition) is 3. The number of carbonyl (C=O) groups is 2. The molecule has 0 aliphatic heterocycles. The molecular weight excluding hydrogens is 362 g/mol. The van der Waals surface area contributed by atoms with Crippen LogP contribution < -0.4 is 5.32 Å². The number of amides is 1. The number of benzene rings is 1. The van der Waals surface area contributed by atoms with Crippen LogP contribution in [0.15, 0.2) is 28.7 Å². The SMILES string of the molecule is Cc1nn(-c2ccc(C(=O)NCCCC(=O)O)cc2)c(C)c1Br. The number of hydrogen-bond donors (Lipinski definition) is 2. The maximum atomic E-state index is 12.0. The Hall–Kier alpha value is -2.15. The molecule has 0 saturated heterocycles. The molecule has 0 radical (unpaired) electrons. The quantitative estimate of drug-likeness (QED) is 0.755. The number of carbonyl (C=O) groups excluding carboxylic acids is 1. The van der Waals surface area contributed by atoms with Crippen LogP contribution in [-0.2, 0) is 4.79 Å². The van der Waals surface area contributed by atoms with Gasteiger partial charge in [0.1, 0.15) is 0 Å². The second-order valence-electron chi connectivity index (χ2n) is 5.20. The second-order valence-corrected chi connectivity index (χ2v) is 5.99. The van der Waals surface area contributed by atoms with Crippen LogP contribution in [0.1, 0.15) is 34.6 Å². The zero-order chi connectivity index (χ0) is 17.0. The summed E-state index contributed by atoms with van der Waals surface area (Å²) >= 11 is 3.49. The molecule has 23 heavy (non-hydrogen) atoms. The lowest BCUT2D eigenvalue weighted by molar-refractivity contribution is -0.137. The van der Waals surface area contributed by atoms with Gasteiger partial charge >= 0.3 is 5.97 Å². The smallest absolute Gasteiger partial charge is 0.303 e. The third kappa shape index (κ3) is 4.19. The molecule has 0 fully saturated rings. The highest BCUT2D eigenvalue weighted by Crippen LogP contribution is 2.23. The maximum Gasteiger partial charge on any atom is 0.303 e. The molecule has 1 amide bonds. The minimum absolute atomic E-state index is 0.0476. The van der Waals surface area contributed by atoms with E-state index in [0.717, 1.165) is 21.5 Å². The summed E-state index contributed by atoms with van der Waals surface area (Å²) in [6, 6.07) is 7.12. The van der Waals surface area contributed by atoms with Crippen LogP contribution in [0.5, 0.6) is 0 Å². The molecule has 1 aromatic carbocycles. The Kier molecular flexibility index (Phi) is 5.54. The summed E-state index contributed by atoms with van der Waals surface area (Å²) in [4.78, 5) is 22.4. The van der Waals surface area contributed by atoms with Crippen LogP contribution in [0, 0.1) is 13.8 Å². The van der Waals surface area contributed by atoms with E-state index in [4.69, 9.17) is 5.11 Å². The number of halogens is 1. The summed E-state index contributed by atoms with van der Waals surface area (Å²) < 4.78 is 2.78. The molecule has 0 atom stereocenters. The van der Waals surface area contributed by atoms with E-state index in [9.17, 15) is 9.59 Å². The molecule has 1 heterocycles. The van der Waals surface area contributed by atoms with Crippen molar-refractivity contribution in [1.82, 2.24) is 15.1 Å². The highest BCUT2D eigenvalue weighted by molar-refractivity contribution is 9.10. The molecule has 2 rings (SSSR count). The van der Waals surface area contributed by atoms with Gasteiger partial charge in [0.15, 0.2) is 0 Å². The minimum Gasteiger partial charge on any atom is -0.481 e. The van der Waals surface area contributed by atoms with Gasteiger partial charge in [-0.05, 0) is 60.5 Å². The van der Waals surface area contributed by atoms with Crippen LogP contribution in [0.3, 0.4) is 0 Å². The number of rotatable bonds is 6. The average Bonchev–Trinajstić information content (AvgIpc) is 2.79. The fraction of sp³-hybridized carbons (Fsp3) is 0.312. The minimum atomic E-state index is -0.861. The third-order valence-electron chi connectivity index (χ3n) is 3.43. The lowest BCUT2D eigenvalue weighted by Crippen LogP contribution is -2.24. The van der Waals surface area contributed by atoms with Gasteiger partial charge in [-0.2, -0.15) is 5.10 Å². The molecule has 0 aliphatic rings. The topological polar surface area (TPSA) is 84.2 Å². The largest absolute Gasteiger partial charge is 0.481 e. The molecule has 6 nitrogen and oxygen atoms in total. The first-order chi connectivity index (χ1) is 10.9. The summed E-state index contributed by atoms with van der Waals surface area (Å²) in [7, 11) is 0. The first kappa shape index (κ1) is 17.2.